The molecular formula is C21H14N8O5. The van der Waals surface area contributed by atoms with Crippen LogP contribution in [0.3, 0.4) is 0 Å². The summed E-state index contributed by atoms with van der Waals surface area (Å²) in [6, 6.07) is 12.3. The van der Waals surface area contributed by atoms with Gasteiger partial charge in [-0.05, 0) is 5.56 Å². The van der Waals surface area contributed by atoms with Crippen molar-refractivity contribution in [3.8, 4) is 11.5 Å². The van der Waals surface area contributed by atoms with Crippen LogP contribution in [0.15, 0.2) is 66.0 Å². The molecule has 0 aliphatic carbocycles. The zero-order chi connectivity index (χ0) is 23.8. The highest BCUT2D eigenvalue weighted by Crippen LogP contribution is 2.25. The van der Waals surface area contributed by atoms with E-state index in [4.69, 9.17) is 0 Å². The Balaban J connectivity index is 1.56. The second-order valence-corrected chi connectivity index (χ2v) is 7.38. The predicted octanol–water partition coefficient (Wildman–Crippen LogP) is 2.40. The Hall–Kier alpha value is -5.07. The number of imidazole rings is 2. The predicted molar refractivity (Wildman–Crippen MR) is 118 cm³/mol. The molecule has 13 heteroatoms. The molecule has 3 heterocycles. The van der Waals surface area contributed by atoms with E-state index in [1.54, 1.807) is 28.8 Å². The molecular weight excluding hydrogens is 444 g/mol. The molecule has 0 atom stereocenters. The van der Waals surface area contributed by atoms with E-state index in [1.807, 2.05) is 0 Å². The summed E-state index contributed by atoms with van der Waals surface area (Å²) in [4.78, 5) is 51.1. The third-order valence-electron chi connectivity index (χ3n) is 5.29. The molecule has 2 aliphatic heterocycles. The van der Waals surface area contributed by atoms with Gasteiger partial charge in [-0.15, -0.1) is 0 Å². The van der Waals surface area contributed by atoms with Crippen LogP contribution in [0.4, 0.5) is 11.4 Å². The summed E-state index contributed by atoms with van der Waals surface area (Å²) >= 11 is 0. The minimum Gasteiger partial charge on any atom is -0.310 e. The first kappa shape index (κ1) is 20.8. The zero-order valence-corrected chi connectivity index (χ0v) is 17.3. The van der Waals surface area contributed by atoms with Gasteiger partial charge in [0.2, 0.25) is 0 Å². The molecule has 0 amide bonds. The molecule has 0 radical (unpaired) electrons. The van der Waals surface area contributed by atoms with E-state index in [0.717, 1.165) is 0 Å². The van der Waals surface area contributed by atoms with Gasteiger partial charge < -0.3 is 4.57 Å². The van der Waals surface area contributed by atoms with Gasteiger partial charge in [0.05, 0.1) is 29.3 Å². The lowest BCUT2D eigenvalue weighted by Gasteiger charge is -2.04. The average molecular weight is 458 g/mol. The highest BCUT2D eigenvalue weighted by molar-refractivity contribution is 5.85. The Morgan fingerprint density at radius 2 is 1.74 bits per heavy atom. The van der Waals surface area contributed by atoms with Crippen LogP contribution in [-0.4, -0.2) is 38.9 Å². The minimum absolute atomic E-state index is 0.0203. The van der Waals surface area contributed by atoms with Gasteiger partial charge in [-0.1, -0.05) is 30.3 Å². The molecule has 13 nitrogen and oxygen atoms in total. The van der Waals surface area contributed by atoms with Gasteiger partial charge in [0, 0.05) is 23.8 Å². The second-order valence-electron chi connectivity index (χ2n) is 7.38. The van der Waals surface area contributed by atoms with Gasteiger partial charge >= 0.3 is 5.69 Å². The fraction of sp³-hybridized carbons (Fsp3) is 0.0952. The molecule has 2 aliphatic rings. The van der Waals surface area contributed by atoms with Crippen molar-refractivity contribution in [1.82, 2.24) is 29.1 Å². The van der Waals surface area contributed by atoms with Gasteiger partial charge in [0.15, 0.2) is 11.5 Å². The lowest BCUT2D eigenvalue weighted by molar-refractivity contribution is -0.385. The van der Waals surface area contributed by atoms with Crippen LogP contribution in [0.25, 0.3) is 22.7 Å². The highest BCUT2D eigenvalue weighted by Gasteiger charge is 2.22. The van der Waals surface area contributed by atoms with Crippen LogP contribution in [0.5, 0.6) is 0 Å². The second kappa shape index (κ2) is 8.12. The number of hydrogen-bond acceptors (Lipinski definition) is 9. The zero-order valence-electron chi connectivity index (χ0n) is 17.3. The molecule has 0 N–H and O–H groups in total. The third kappa shape index (κ3) is 3.60. The Bertz CT molecular complexity index is 1610. The summed E-state index contributed by atoms with van der Waals surface area (Å²) in [6.45, 7) is 0.150. The summed E-state index contributed by atoms with van der Waals surface area (Å²) in [5, 5.41) is 22.4. The normalized spacial score (nSPS) is 11.2. The number of non-ortho nitro benzene ring substituents is 1. The van der Waals surface area contributed by atoms with E-state index >= 15 is 0 Å². The van der Waals surface area contributed by atoms with E-state index in [1.165, 1.54) is 41.5 Å². The van der Waals surface area contributed by atoms with Crippen molar-refractivity contribution in [1.29, 1.82) is 0 Å². The number of fused-ring (bicyclic) bond motifs is 3. The van der Waals surface area contributed by atoms with Crippen LogP contribution in [0.2, 0.25) is 0 Å². The van der Waals surface area contributed by atoms with E-state index < -0.39 is 15.5 Å². The van der Waals surface area contributed by atoms with Gasteiger partial charge in [-0.2, -0.15) is 4.98 Å². The maximum atomic E-state index is 12.7. The van der Waals surface area contributed by atoms with Crippen LogP contribution in [0, 0.1) is 20.2 Å². The molecule has 2 aromatic carbocycles. The van der Waals surface area contributed by atoms with Crippen LogP contribution in [0.1, 0.15) is 11.1 Å². The number of nitrogens with zero attached hydrogens (tertiary/aromatic N) is 8. The molecule has 168 valence electrons. The summed E-state index contributed by atoms with van der Waals surface area (Å²) in [6.07, 6.45) is 2.73. The van der Waals surface area contributed by atoms with Crippen molar-refractivity contribution in [2.24, 2.45) is 0 Å². The number of nitro groups is 2. The summed E-state index contributed by atoms with van der Waals surface area (Å²) < 4.78 is 2.90. The number of hydrogen-bond donors (Lipinski definition) is 0. The molecule has 3 aromatic rings. The van der Waals surface area contributed by atoms with Crippen LogP contribution < -0.4 is 5.69 Å². The fourth-order valence-electron chi connectivity index (χ4n) is 3.75. The monoisotopic (exact) mass is 458 g/mol. The molecule has 34 heavy (non-hydrogen) atoms. The van der Waals surface area contributed by atoms with E-state index in [0.29, 0.717) is 22.3 Å². The van der Waals surface area contributed by atoms with Crippen molar-refractivity contribution >= 4 is 22.5 Å². The number of benzene rings is 2. The number of rotatable bonds is 6. The van der Waals surface area contributed by atoms with E-state index in [9.17, 15) is 25.0 Å². The molecule has 0 fully saturated rings. The first-order chi connectivity index (χ1) is 16.4. The molecule has 0 unspecified atom stereocenters. The number of aromatic nitrogens is 6. The number of para-hydroxylation sites is 1. The van der Waals surface area contributed by atoms with Gasteiger partial charge in [-0.3, -0.25) is 24.8 Å². The van der Waals surface area contributed by atoms with Crippen molar-refractivity contribution in [2.75, 3.05) is 0 Å². The van der Waals surface area contributed by atoms with Gasteiger partial charge in [0.25, 0.3) is 11.4 Å². The number of nitro benzene ring substituents is 2. The summed E-state index contributed by atoms with van der Waals surface area (Å²) in [5.41, 5.74) is 1.15. The molecule has 0 spiro atoms. The van der Waals surface area contributed by atoms with Crippen molar-refractivity contribution in [2.45, 2.75) is 13.1 Å². The van der Waals surface area contributed by atoms with Crippen molar-refractivity contribution in [3.05, 3.63) is 103 Å². The topological polar surface area (TPSA) is 165 Å². The molecule has 0 bridgehead atoms. The van der Waals surface area contributed by atoms with Crippen LogP contribution >= 0.6 is 0 Å². The quantitative estimate of drug-likeness (QED) is 0.274. The van der Waals surface area contributed by atoms with E-state index in [2.05, 4.69) is 19.9 Å². The average Bonchev–Trinajstić information content (AvgIpc) is 3.29. The smallest absolute Gasteiger partial charge is 0.310 e. The molecule has 5 rings (SSSR count). The van der Waals surface area contributed by atoms with E-state index in [-0.39, 0.29) is 36.0 Å². The van der Waals surface area contributed by atoms with Gasteiger partial charge in [-0.25, -0.2) is 19.7 Å². The standard InChI is InChI=1S/C21H14N8O5/c30-21-25-18-17-19(26(12-24-17)10-14-5-1-2-7-16(14)29(33)34)22-11-23-20(18)27(21)9-13-4-3-6-15(8-13)28(31)32/h1-8,11-12H,9-10H2. The Kier molecular flexibility index (Phi) is 4.97. The lowest BCUT2D eigenvalue weighted by atomic mass is 10.2. The highest BCUT2D eigenvalue weighted by atomic mass is 16.6. The first-order valence-corrected chi connectivity index (χ1v) is 9.94. The first-order valence-electron chi connectivity index (χ1n) is 9.94. The van der Waals surface area contributed by atoms with Crippen molar-refractivity contribution in [3.63, 3.8) is 0 Å². The largest absolute Gasteiger partial charge is 0.350 e. The van der Waals surface area contributed by atoms with Crippen molar-refractivity contribution < 1.29 is 9.85 Å². The SMILES string of the molecule is O=c1nc2c3ncn(Cc4ccccc4[N+](=O)[O-])c3ncnc-2n1Cc1cccc([N+](=O)[O-])c1. The third-order valence-corrected chi connectivity index (χ3v) is 5.29. The molecule has 0 saturated carbocycles. The Labute approximate surface area is 189 Å². The summed E-state index contributed by atoms with van der Waals surface area (Å²) in [7, 11) is 0. The Morgan fingerprint density at radius 3 is 2.53 bits per heavy atom. The lowest BCUT2D eigenvalue weighted by Crippen LogP contribution is -2.17. The van der Waals surface area contributed by atoms with Gasteiger partial charge in [0.1, 0.15) is 17.5 Å². The minimum atomic E-state index is -0.588. The molecule has 1 aromatic heterocycles. The fourth-order valence-corrected chi connectivity index (χ4v) is 3.75. The maximum absolute atomic E-state index is 12.7. The summed E-state index contributed by atoms with van der Waals surface area (Å²) in [5.74, 6) is 0.218. The van der Waals surface area contributed by atoms with Crippen LogP contribution in [-0.2, 0) is 13.1 Å². The molecule has 0 saturated heterocycles. The Morgan fingerprint density at radius 1 is 0.912 bits per heavy atom. The maximum Gasteiger partial charge on any atom is 0.350 e.